The molecular formula is C23H24N4O4. The molecule has 1 aromatic heterocycles. The summed E-state index contributed by atoms with van der Waals surface area (Å²) in [6.45, 7) is 3.43. The molecule has 3 aromatic rings. The second-order valence-corrected chi connectivity index (χ2v) is 6.93. The molecule has 160 valence electrons. The van der Waals surface area contributed by atoms with Gasteiger partial charge in [-0.25, -0.2) is 4.68 Å². The molecule has 0 unspecified atom stereocenters. The van der Waals surface area contributed by atoms with Crippen molar-refractivity contribution < 1.29 is 14.3 Å². The minimum Gasteiger partial charge on any atom is -0.497 e. The number of hydrogen-bond acceptors (Lipinski definition) is 5. The number of nitrogens with zero attached hydrogens (tertiary/aromatic N) is 2. The summed E-state index contributed by atoms with van der Waals surface area (Å²) < 4.78 is 6.25. The molecule has 8 heteroatoms. The number of anilines is 2. The van der Waals surface area contributed by atoms with E-state index in [4.69, 9.17) is 4.74 Å². The van der Waals surface area contributed by atoms with Crippen molar-refractivity contribution in [3.05, 3.63) is 70.5 Å². The van der Waals surface area contributed by atoms with E-state index in [2.05, 4.69) is 15.7 Å². The Morgan fingerprint density at radius 2 is 1.84 bits per heavy atom. The fraction of sp³-hybridized carbons (Fsp3) is 0.217. The van der Waals surface area contributed by atoms with Crippen LogP contribution in [-0.2, 0) is 16.1 Å². The van der Waals surface area contributed by atoms with E-state index >= 15 is 0 Å². The van der Waals surface area contributed by atoms with Crippen LogP contribution in [0.3, 0.4) is 0 Å². The molecule has 0 saturated heterocycles. The second-order valence-electron chi connectivity index (χ2n) is 6.93. The van der Waals surface area contributed by atoms with Crippen LogP contribution < -0.4 is 20.9 Å². The number of aryl methyl sites for hydroxylation is 1. The van der Waals surface area contributed by atoms with Gasteiger partial charge in [-0.05, 0) is 36.8 Å². The monoisotopic (exact) mass is 420 g/mol. The molecule has 0 fully saturated rings. The summed E-state index contributed by atoms with van der Waals surface area (Å²) in [6.07, 6.45) is 0.370. The zero-order valence-corrected chi connectivity index (χ0v) is 17.6. The van der Waals surface area contributed by atoms with Crippen molar-refractivity contribution in [3.63, 3.8) is 0 Å². The van der Waals surface area contributed by atoms with Crippen LogP contribution in [0.5, 0.6) is 5.75 Å². The van der Waals surface area contributed by atoms with Crippen molar-refractivity contribution in [3.8, 4) is 17.0 Å². The number of rotatable bonds is 7. The molecule has 0 aliphatic heterocycles. The van der Waals surface area contributed by atoms with E-state index in [9.17, 15) is 14.4 Å². The average molecular weight is 420 g/mol. The van der Waals surface area contributed by atoms with Gasteiger partial charge in [0.2, 0.25) is 11.8 Å². The van der Waals surface area contributed by atoms with Crippen molar-refractivity contribution in [1.82, 2.24) is 9.78 Å². The summed E-state index contributed by atoms with van der Waals surface area (Å²) in [5, 5.41) is 9.92. The normalized spacial score (nSPS) is 10.4. The molecule has 0 bridgehead atoms. The van der Waals surface area contributed by atoms with Gasteiger partial charge < -0.3 is 15.4 Å². The highest BCUT2D eigenvalue weighted by molar-refractivity contribution is 5.92. The number of carbonyl (C=O) groups excluding carboxylic acids is 2. The van der Waals surface area contributed by atoms with Crippen molar-refractivity contribution in [2.24, 2.45) is 0 Å². The molecule has 2 aromatic carbocycles. The summed E-state index contributed by atoms with van der Waals surface area (Å²) in [5.74, 6) is 0.132. The third-order valence-corrected chi connectivity index (χ3v) is 4.64. The minimum atomic E-state index is -0.392. The van der Waals surface area contributed by atoms with Crippen LogP contribution >= 0.6 is 0 Å². The lowest BCUT2D eigenvalue weighted by Gasteiger charge is -2.11. The maximum Gasteiger partial charge on any atom is 0.267 e. The molecule has 3 rings (SSSR count). The Balaban J connectivity index is 1.81. The highest BCUT2D eigenvalue weighted by Gasteiger charge is 2.11. The molecule has 1 heterocycles. The third kappa shape index (κ3) is 5.57. The highest BCUT2D eigenvalue weighted by Crippen LogP contribution is 2.24. The molecular weight excluding hydrogens is 396 g/mol. The van der Waals surface area contributed by atoms with Crippen LogP contribution in [0.25, 0.3) is 11.3 Å². The predicted molar refractivity (Wildman–Crippen MR) is 119 cm³/mol. The van der Waals surface area contributed by atoms with E-state index in [-0.39, 0.29) is 18.4 Å². The Bertz CT molecular complexity index is 1170. The number of amides is 2. The maximum absolute atomic E-state index is 12.4. The largest absolute Gasteiger partial charge is 0.497 e. The number of ether oxygens (including phenoxy) is 1. The number of hydrogen-bond donors (Lipinski definition) is 2. The first kappa shape index (κ1) is 21.8. The van der Waals surface area contributed by atoms with Crippen molar-refractivity contribution >= 4 is 23.2 Å². The molecule has 0 atom stereocenters. The van der Waals surface area contributed by atoms with Crippen LogP contribution in [0.2, 0.25) is 0 Å². The second kappa shape index (κ2) is 9.71. The van der Waals surface area contributed by atoms with E-state index in [0.717, 1.165) is 15.8 Å². The Morgan fingerprint density at radius 1 is 1.03 bits per heavy atom. The predicted octanol–water partition coefficient (Wildman–Crippen LogP) is 3.21. The number of benzene rings is 2. The summed E-state index contributed by atoms with van der Waals surface area (Å²) in [6, 6.07) is 15.4. The van der Waals surface area contributed by atoms with Gasteiger partial charge in [-0.3, -0.25) is 14.4 Å². The minimum absolute atomic E-state index is 0.0904. The third-order valence-electron chi connectivity index (χ3n) is 4.64. The van der Waals surface area contributed by atoms with Crippen molar-refractivity contribution in [2.45, 2.75) is 26.8 Å². The Morgan fingerprint density at radius 3 is 2.58 bits per heavy atom. The van der Waals surface area contributed by atoms with E-state index < -0.39 is 5.56 Å². The van der Waals surface area contributed by atoms with E-state index in [1.807, 2.05) is 19.1 Å². The lowest BCUT2D eigenvalue weighted by Crippen LogP contribution is -2.29. The summed E-state index contributed by atoms with van der Waals surface area (Å²) in [4.78, 5) is 36.4. The van der Waals surface area contributed by atoms with Crippen LogP contribution in [0.1, 0.15) is 18.9 Å². The van der Waals surface area contributed by atoms with Gasteiger partial charge in [-0.15, -0.1) is 0 Å². The Kier molecular flexibility index (Phi) is 6.81. The lowest BCUT2D eigenvalue weighted by molar-refractivity contribution is -0.117. The number of aromatic nitrogens is 2. The molecule has 0 aliphatic rings. The lowest BCUT2D eigenvalue weighted by atomic mass is 10.1. The van der Waals surface area contributed by atoms with Crippen LogP contribution in [0, 0.1) is 6.92 Å². The van der Waals surface area contributed by atoms with Crippen molar-refractivity contribution in [1.29, 1.82) is 0 Å². The van der Waals surface area contributed by atoms with Gasteiger partial charge in [-0.2, -0.15) is 5.10 Å². The SMILES string of the molecule is CCC(=O)Nc1cc(-c2ccc(=O)n(CC(=O)Nc3cccc(OC)c3)n2)ccc1C. The van der Waals surface area contributed by atoms with Crippen LogP contribution in [0.15, 0.2) is 59.4 Å². The summed E-state index contributed by atoms with van der Waals surface area (Å²) in [5.41, 5.74) is 3.00. The van der Waals surface area contributed by atoms with Gasteiger partial charge in [0, 0.05) is 35.5 Å². The first-order valence-corrected chi connectivity index (χ1v) is 9.82. The highest BCUT2D eigenvalue weighted by atomic mass is 16.5. The number of carbonyl (C=O) groups is 2. The van der Waals surface area contributed by atoms with Gasteiger partial charge >= 0.3 is 0 Å². The smallest absolute Gasteiger partial charge is 0.267 e. The van der Waals surface area contributed by atoms with Crippen molar-refractivity contribution in [2.75, 3.05) is 17.7 Å². The van der Waals surface area contributed by atoms with E-state index in [1.54, 1.807) is 50.4 Å². The zero-order chi connectivity index (χ0) is 22.4. The molecule has 8 nitrogen and oxygen atoms in total. The molecule has 2 N–H and O–H groups in total. The molecule has 2 amide bonds. The first-order chi connectivity index (χ1) is 14.9. The summed E-state index contributed by atoms with van der Waals surface area (Å²) in [7, 11) is 1.54. The quantitative estimate of drug-likeness (QED) is 0.611. The molecule has 0 aliphatic carbocycles. The van der Waals surface area contributed by atoms with E-state index in [0.29, 0.717) is 29.2 Å². The van der Waals surface area contributed by atoms with Gasteiger partial charge in [-0.1, -0.05) is 25.1 Å². The fourth-order valence-corrected chi connectivity index (χ4v) is 2.91. The topological polar surface area (TPSA) is 102 Å². The standard InChI is InChI=1S/C23H24N4O4/c1-4-21(28)25-20-12-16(9-8-15(20)2)19-10-11-23(30)27(26-19)14-22(29)24-17-6-5-7-18(13-17)31-3/h5-13H,4,14H2,1-3H3,(H,24,29)(H,25,28). The maximum atomic E-state index is 12.4. The molecule has 0 spiro atoms. The first-order valence-electron chi connectivity index (χ1n) is 9.82. The van der Waals surface area contributed by atoms with E-state index in [1.165, 1.54) is 6.07 Å². The molecule has 0 saturated carbocycles. The Hall–Kier alpha value is -3.94. The van der Waals surface area contributed by atoms with Gasteiger partial charge in [0.1, 0.15) is 12.3 Å². The molecule has 0 radical (unpaired) electrons. The number of nitrogens with one attached hydrogen (secondary N) is 2. The Labute approximate surface area is 179 Å². The average Bonchev–Trinajstić information content (AvgIpc) is 2.76. The zero-order valence-electron chi connectivity index (χ0n) is 17.6. The van der Waals surface area contributed by atoms with Crippen LogP contribution in [0.4, 0.5) is 11.4 Å². The summed E-state index contributed by atoms with van der Waals surface area (Å²) >= 11 is 0. The van der Waals surface area contributed by atoms with Gasteiger partial charge in [0.05, 0.1) is 12.8 Å². The van der Waals surface area contributed by atoms with Crippen LogP contribution in [-0.4, -0.2) is 28.7 Å². The fourth-order valence-electron chi connectivity index (χ4n) is 2.91. The van der Waals surface area contributed by atoms with Gasteiger partial charge in [0.15, 0.2) is 0 Å². The molecule has 31 heavy (non-hydrogen) atoms. The van der Waals surface area contributed by atoms with Gasteiger partial charge in [0.25, 0.3) is 5.56 Å². The number of methoxy groups -OCH3 is 1.